The number of nitrogens with one attached hydrogen (secondary N) is 1. The summed E-state index contributed by atoms with van der Waals surface area (Å²) in [5.41, 5.74) is 6.09. The maximum atomic E-state index is 12.7. The molecule has 8 heteroatoms. The molecule has 26 heavy (non-hydrogen) atoms. The second-order valence-electron chi connectivity index (χ2n) is 7.26. The Morgan fingerprint density at radius 1 is 1.23 bits per heavy atom. The predicted octanol–water partition coefficient (Wildman–Crippen LogP) is 0.940. The number of nitrogens with zero attached hydrogens (tertiary/aromatic N) is 2. The van der Waals surface area contributed by atoms with Gasteiger partial charge in [-0.2, -0.15) is 0 Å². The lowest BCUT2D eigenvalue weighted by Crippen LogP contribution is -2.44. The van der Waals surface area contributed by atoms with Crippen molar-refractivity contribution in [2.45, 2.75) is 25.3 Å². The highest BCUT2D eigenvalue weighted by Crippen LogP contribution is 2.32. The summed E-state index contributed by atoms with van der Waals surface area (Å²) in [6, 6.07) is 9.48. The van der Waals surface area contributed by atoms with Gasteiger partial charge in [-0.05, 0) is 31.9 Å². The highest BCUT2D eigenvalue weighted by atomic mass is 35.5. The molecule has 2 aliphatic heterocycles. The van der Waals surface area contributed by atoms with E-state index < -0.39 is 11.6 Å². The fourth-order valence-electron chi connectivity index (χ4n) is 3.59. The molecular formula is C18H25ClN4O3. The lowest BCUT2D eigenvalue weighted by atomic mass is 9.89. The Kier molecular flexibility index (Phi) is 5.93. The summed E-state index contributed by atoms with van der Waals surface area (Å²) in [5.74, 6) is -0.251. The minimum atomic E-state index is -0.964. The van der Waals surface area contributed by atoms with Gasteiger partial charge in [0, 0.05) is 19.0 Å². The largest absolute Gasteiger partial charge is 0.340 e. The monoisotopic (exact) mass is 380 g/mol. The third-order valence-corrected chi connectivity index (χ3v) is 5.06. The predicted molar refractivity (Wildman–Crippen MR) is 99.9 cm³/mol. The first-order valence-corrected chi connectivity index (χ1v) is 8.50. The molecule has 2 atom stereocenters. The normalized spacial score (nSPS) is 24.4. The van der Waals surface area contributed by atoms with Gasteiger partial charge in [0.15, 0.2) is 0 Å². The molecule has 0 bridgehead atoms. The molecule has 0 aliphatic carbocycles. The first-order valence-electron chi connectivity index (χ1n) is 8.50. The van der Waals surface area contributed by atoms with Crippen LogP contribution in [0.3, 0.4) is 0 Å². The minimum Gasteiger partial charge on any atom is -0.340 e. The molecule has 3 N–H and O–H groups in total. The molecule has 0 unspecified atom stereocenters. The van der Waals surface area contributed by atoms with Crippen LogP contribution in [0.1, 0.15) is 25.3 Å². The van der Waals surface area contributed by atoms with Crippen molar-refractivity contribution in [1.82, 2.24) is 15.1 Å². The van der Waals surface area contributed by atoms with Crippen LogP contribution in [0.25, 0.3) is 0 Å². The number of rotatable bonds is 4. The van der Waals surface area contributed by atoms with Gasteiger partial charge in [0.05, 0.1) is 0 Å². The van der Waals surface area contributed by atoms with E-state index in [9.17, 15) is 14.4 Å². The summed E-state index contributed by atoms with van der Waals surface area (Å²) in [6.45, 7) is 4.61. The number of amides is 4. The summed E-state index contributed by atoms with van der Waals surface area (Å²) in [4.78, 5) is 39.6. The van der Waals surface area contributed by atoms with Crippen molar-refractivity contribution < 1.29 is 14.4 Å². The second-order valence-corrected chi connectivity index (χ2v) is 7.26. The van der Waals surface area contributed by atoms with Crippen LogP contribution in [-0.2, 0) is 9.59 Å². The summed E-state index contributed by atoms with van der Waals surface area (Å²) in [6.07, 6.45) is 0. The third kappa shape index (κ3) is 3.68. The van der Waals surface area contributed by atoms with Gasteiger partial charge in [0.1, 0.15) is 12.1 Å². The molecule has 0 spiro atoms. The quantitative estimate of drug-likeness (QED) is 0.760. The summed E-state index contributed by atoms with van der Waals surface area (Å²) in [7, 11) is 0. The van der Waals surface area contributed by atoms with Gasteiger partial charge < -0.3 is 16.0 Å². The topological polar surface area (TPSA) is 95.7 Å². The van der Waals surface area contributed by atoms with Crippen LogP contribution in [0.2, 0.25) is 0 Å². The van der Waals surface area contributed by atoms with Crippen molar-refractivity contribution in [2.24, 2.45) is 11.7 Å². The van der Waals surface area contributed by atoms with E-state index in [-0.39, 0.29) is 42.6 Å². The molecule has 142 valence electrons. The minimum absolute atomic E-state index is 0. The molecule has 7 nitrogen and oxygen atoms in total. The van der Waals surface area contributed by atoms with Crippen LogP contribution in [0.15, 0.2) is 30.3 Å². The van der Waals surface area contributed by atoms with E-state index in [1.165, 1.54) is 0 Å². The third-order valence-electron chi connectivity index (χ3n) is 5.06. The van der Waals surface area contributed by atoms with Crippen LogP contribution < -0.4 is 11.1 Å². The fourth-order valence-corrected chi connectivity index (χ4v) is 3.59. The number of carbonyl (C=O) groups is 3. The number of hydrogen-bond acceptors (Lipinski definition) is 4. The Bertz CT molecular complexity index is 695. The Morgan fingerprint density at radius 3 is 2.42 bits per heavy atom. The first kappa shape index (κ1) is 20.2. The molecule has 1 aromatic rings. The van der Waals surface area contributed by atoms with Crippen molar-refractivity contribution in [2.75, 3.05) is 26.2 Å². The molecule has 0 aromatic heterocycles. The van der Waals surface area contributed by atoms with E-state index in [0.717, 1.165) is 10.5 Å². The fraction of sp³-hybridized carbons (Fsp3) is 0.500. The van der Waals surface area contributed by atoms with Crippen molar-refractivity contribution in [3.8, 4) is 0 Å². The number of imide groups is 1. The zero-order chi connectivity index (χ0) is 18.2. The SMILES string of the molecule is CC1(C)NC(=O)N(CC(=O)N2C[C@@H](CN)[C@H](c3ccccc3)C2)C1=O.Cl. The summed E-state index contributed by atoms with van der Waals surface area (Å²) >= 11 is 0. The Hall–Kier alpha value is -2.12. The molecule has 2 heterocycles. The molecule has 4 amide bonds. The van der Waals surface area contributed by atoms with Crippen LogP contribution in [0.5, 0.6) is 0 Å². The second kappa shape index (κ2) is 7.63. The molecule has 2 aliphatic rings. The lowest BCUT2D eigenvalue weighted by Gasteiger charge is -2.20. The van der Waals surface area contributed by atoms with E-state index in [2.05, 4.69) is 5.32 Å². The van der Waals surface area contributed by atoms with Crippen LogP contribution >= 0.6 is 12.4 Å². The van der Waals surface area contributed by atoms with Crippen molar-refractivity contribution in [3.05, 3.63) is 35.9 Å². The van der Waals surface area contributed by atoms with E-state index in [1.807, 2.05) is 30.3 Å². The smallest absolute Gasteiger partial charge is 0.325 e. The van der Waals surface area contributed by atoms with Gasteiger partial charge in [-0.1, -0.05) is 30.3 Å². The van der Waals surface area contributed by atoms with Crippen LogP contribution in [-0.4, -0.2) is 59.4 Å². The highest BCUT2D eigenvalue weighted by molar-refractivity contribution is 6.08. The molecular weight excluding hydrogens is 356 g/mol. The summed E-state index contributed by atoms with van der Waals surface area (Å²) < 4.78 is 0. The Morgan fingerprint density at radius 2 is 1.88 bits per heavy atom. The molecule has 3 rings (SSSR count). The van der Waals surface area contributed by atoms with E-state index in [1.54, 1.807) is 18.7 Å². The van der Waals surface area contributed by atoms with Crippen LogP contribution in [0, 0.1) is 5.92 Å². The number of likely N-dealkylation sites (tertiary alicyclic amines) is 1. The van der Waals surface area contributed by atoms with Gasteiger partial charge in [-0.3, -0.25) is 14.5 Å². The Labute approximate surface area is 159 Å². The highest BCUT2D eigenvalue weighted by Gasteiger charge is 2.46. The number of hydrogen-bond donors (Lipinski definition) is 2. The van der Waals surface area contributed by atoms with Crippen LogP contribution in [0.4, 0.5) is 4.79 Å². The number of benzene rings is 1. The number of carbonyl (C=O) groups excluding carboxylic acids is 3. The summed E-state index contributed by atoms with van der Waals surface area (Å²) in [5, 5.41) is 2.59. The van der Waals surface area contributed by atoms with Gasteiger partial charge in [0.25, 0.3) is 5.91 Å². The van der Waals surface area contributed by atoms with Crippen molar-refractivity contribution >= 4 is 30.3 Å². The standard InChI is InChI=1S/C18H24N4O3.ClH/c1-18(2)16(24)22(17(25)20-18)11-15(23)21-9-13(8-19)14(10-21)12-6-4-3-5-7-12;/h3-7,13-14H,8-11,19H2,1-2H3,(H,20,25);1H/t13-,14+;/m1./s1. The van der Waals surface area contributed by atoms with E-state index in [4.69, 9.17) is 5.73 Å². The molecule has 0 radical (unpaired) electrons. The van der Waals surface area contributed by atoms with Gasteiger partial charge in [0.2, 0.25) is 5.91 Å². The number of nitrogens with two attached hydrogens (primary N) is 1. The van der Waals surface area contributed by atoms with Crippen molar-refractivity contribution in [1.29, 1.82) is 0 Å². The van der Waals surface area contributed by atoms with E-state index in [0.29, 0.717) is 19.6 Å². The maximum absolute atomic E-state index is 12.7. The molecule has 2 saturated heterocycles. The number of urea groups is 1. The molecule has 1 aromatic carbocycles. The zero-order valence-corrected chi connectivity index (χ0v) is 15.8. The number of halogens is 1. The van der Waals surface area contributed by atoms with Gasteiger partial charge >= 0.3 is 6.03 Å². The van der Waals surface area contributed by atoms with Gasteiger partial charge in [-0.25, -0.2) is 4.79 Å². The molecule has 0 saturated carbocycles. The first-order chi connectivity index (χ1) is 11.8. The lowest BCUT2D eigenvalue weighted by molar-refractivity contribution is -0.138. The molecule has 2 fully saturated rings. The average Bonchev–Trinajstić information content (AvgIpc) is 3.10. The maximum Gasteiger partial charge on any atom is 0.325 e. The van der Waals surface area contributed by atoms with Crippen molar-refractivity contribution in [3.63, 3.8) is 0 Å². The van der Waals surface area contributed by atoms with Gasteiger partial charge in [-0.15, -0.1) is 12.4 Å². The van der Waals surface area contributed by atoms with E-state index >= 15 is 0 Å². The zero-order valence-electron chi connectivity index (χ0n) is 15.0. The Balaban J connectivity index is 0.00000243. The average molecular weight is 381 g/mol.